The second-order valence-electron chi connectivity index (χ2n) is 7.69. The van der Waals surface area contributed by atoms with E-state index in [2.05, 4.69) is 15.3 Å². The fraction of sp³-hybridized carbons (Fsp3) is 0.381. The Kier molecular flexibility index (Phi) is 5.21. The number of halogens is 4. The maximum absolute atomic E-state index is 14.7. The van der Waals surface area contributed by atoms with E-state index in [0.29, 0.717) is 0 Å². The van der Waals surface area contributed by atoms with Crippen molar-refractivity contribution in [3.8, 4) is 11.6 Å². The number of pyridine rings is 1. The molecule has 33 heavy (non-hydrogen) atoms. The number of anilines is 1. The number of carbonyl (C=O) groups excluding carboxylic acids is 1. The summed E-state index contributed by atoms with van der Waals surface area (Å²) < 4.78 is 90.9. The second kappa shape index (κ2) is 8.50. The van der Waals surface area contributed by atoms with E-state index in [1.165, 1.54) is 32.0 Å². The van der Waals surface area contributed by atoms with Crippen LogP contribution in [0.5, 0.6) is 11.6 Å². The van der Waals surface area contributed by atoms with E-state index in [0.717, 1.165) is 19.2 Å². The van der Waals surface area contributed by atoms with Crippen LogP contribution in [0.25, 0.3) is 0 Å². The van der Waals surface area contributed by atoms with Crippen LogP contribution in [0.4, 0.5) is 28.0 Å². The topological polar surface area (TPSA) is 108 Å². The fourth-order valence-corrected chi connectivity index (χ4v) is 3.07. The van der Waals surface area contributed by atoms with Crippen molar-refractivity contribution < 1.29 is 40.7 Å². The molecular formula is C21H22F4N4O4. The molecule has 1 aromatic carbocycles. The van der Waals surface area contributed by atoms with Crippen LogP contribution in [0.1, 0.15) is 29.1 Å². The van der Waals surface area contributed by atoms with Gasteiger partial charge in [0.2, 0.25) is 11.5 Å². The van der Waals surface area contributed by atoms with Gasteiger partial charge in [-0.3, -0.25) is 10.3 Å². The van der Waals surface area contributed by atoms with Crippen molar-refractivity contribution in [1.29, 1.82) is 0 Å². The minimum absolute atomic E-state index is 0.0376. The number of carbonyl (C=O) groups is 1. The van der Waals surface area contributed by atoms with E-state index in [9.17, 15) is 22.4 Å². The van der Waals surface area contributed by atoms with E-state index < -0.39 is 48.7 Å². The Balaban J connectivity index is 1.79. The van der Waals surface area contributed by atoms with Crippen molar-refractivity contribution in [2.45, 2.75) is 38.1 Å². The summed E-state index contributed by atoms with van der Waals surface area (Å²) in [4.78, 5) is 20.1. The van der Waals surface area contributed by atoms with Crippen LogP contribution in [0, 0.1) is 12.7 Å². The number of nitrogens with zero attached hydrogens (tertiary/aromatic N) is 2. The van der Waals surface area contributed by atoms with Crippen LogP contribution in [0.3, 0.4) is 0 Å². The number of nitrogens with one attached hydrogen (secondary N) is 1. The predicted molar refractivity (Wildman–Crippen MR) is 111 cm³/mol. The number of alkyl halides is 3. The van der Waals surface area contributed by atoms with Crippen LogP contribution in [0.15, 0.2) is 35.5 Å². The number of amides is 1. The monoisotopic (exact) mass is 473 g/mol. The Morgan fingerprint density at radius 1 is 1.33 bits per heavy atom. The first-order valence-corrected chi connectivity index (χ1v) is 9.44. The van der Waals surface area contributed by atoms with Gasteiger partial charge in [0.25, 0.3) is 0 Å². The molecular weight excluding hydrogens is 448 g/mol. The Morgan fingerprint density at radius 2 is 2.06 bits per heavy atom. The second-order valence-corrected chi connectivity index (χ2v) is 7.69. The quantitative estimate of drug-likeness (QED) is 0.648. The molecule has 8 nitrogen and oxygen atoms in total. The highest BCUT2D eigenvalue weighted by atomic mass is 19.4. The molecule has 0 saturated carbocycles. The summed E-state index contributed by atoms with van der Waals surface area (Å²) in [6.45, 7) is 2.93. The van der Waals surface area contributed by atoms with E-state index in [1.54, 1.807) is 0 Å². The minimum Gasteiger partial charge on any atom is -0.495 e. The number of ether oxygens (including phenoxy) is 3. The highest BCUT2D eigenvalue weighted by Crippen LogP contribution is 2.41. The molecule has 0 aliphatic carbocycles. The number of rotatable bonds is 4. The minimum atomic E-state index is -4.84. The van der Waals surface area contributed by atoms with Gasteiger partial charge in [-0.05, 0) is 45.0 Å². The Bertz CT molecular complexity index is 1210. The molecule has 2 atom stereocenters. The van der Waals surface area contributed by atoms with Gasteiger partial charge >= 0.3 is 12.3 Å². The van der Waals surface area contributed by atoms with Crippen molar-refractivity contribution in [2.75, 3.05) is 19.0 Å². The van der Waals surface area contributed by atoms with Gasteiger partial charge in [-0.2, -0.15) is 13.2 Å². The maximum atomic E-state index is 14.7. The lowest BCUT2D eigenvalue weighted by Crippen LogP contribution is -2.60. The number of hydrogen-bond donors (Lipinski definition) is 2. The zero-order chi connectivity index (χ0) is 27.1. The van der Waals surface area contributed by atoms with Gasteiger partial charge < -0.3 is 19.9 Å². The molecule has 12 heteroatoms. The van der Waals surface area contributed by atoms with Crippen LogP contribution < -0.4 is 20.5 Å². The Morgan fingerprint density at radius 3 is 2.67 bits per heavy atom. The number of aliphatic imine (C=N–C) groups is 1. The number of aryl methyl sites for hydroxylation is 1. The molecule has 0 saturated heterocycles. The molecule has 1 aliphatic rings. The van der Waals surface area contributed by atoms with E-state index >= 15 is 0 Å². The van der Waals surface area contributed by atoms with Crippen LogP contribution in [-0.4, -0.2) is 42.3 Å². The van der Waals surface area contributed by atoms with Crippen molar-refractivity contribution in [2.24, 2.45) is 10.7 Å². The van der Waals surface area contributed by atoms with Crippen molar-refractivity contribution >= 4 is 17.6 Å². The first-order chi connectivity index (χ1) is 16.4. The van der Waals surface area contributed by atoms with E-state index in [-0.39, 0.29) is 28.4 Å². The maximum Gasteiger partial charge on any atom is 0.424 e. The lowest BCUT2D eigenvalue weighted by Gasteiger charge is -2.41. The molecule has 3 rings (SSSR count). The number of amidine groups is 1. The molecule has 0 spiro atoms. The zero-order valence-corrected chi connectivity index (χ0v) is 17.7. The smallest absolute Gasteiger partial charge is 0.424 e. The van der Waals surface area contributed by atoms with Crippen molar-refractivity contribution in [3.63, 3.8) is 0 Å². The SMILES string of the molecule is [2H]C([2H])([2H])Oc1cnc(OC(=O)Nc2ccc(F)c([C@]3(C)CO[C@@](C)(C(F)(F)F)C(N)=N3)c2)c(C)c1. The number of methoxy groups -OCH3 is 1. The molecule has 1 amide bonds. The van der Waals surface area contributed by atoms with Crippen molar-refractivity contribution in [3.05, 3.63) is 47.4 Å². The third-order valence-electron chi connectivity index (χ3n) is 5.14. The average Bonchev–Trinajstić information content (AvgIpc) is 2.72. The highest BCUT2D eigenvalue weighted by molar-refractivity contribution is 5.91. The first-order valence-electron chi connectivity index (χ1n) is 10.9. The molecule has 0 radical (unpaired) electrons. The molecule has 1 aliphatic heterocycles. The molecule has 0 bridgehead atoms. The average molecular weight is 473 g/mol. The van der Waals surface area contributed by atoms with E-state index in [4.69, 9.17) is 24.1 Å². The molecule has 0 unspecified atom stereocenters. The Labute approximate surface area is 191 Å². The molecule has 3 N–H and O–H groups in total. The summed E-state index contributed by atoms with van der Waals surface area (Å²) in [6, 6.07) is 4.66. The molecule has 2 aromatic rings. The first kappa shape index (κ1) is 20.2. The van der Waals surface area contributed by atoms with Crippen LogP contribution in [-0.2, 0) is 10.3 Å². The molecule has 0 fully saturated rings. The number of aromatic nitrogens is 1. The van der Waals surface area contributed by atoms with Gasteiger partial charge in [-0.25, -0.2) is 14.2 Å². The summed E-state index contributed by atoms with van der Waals surface area (Å²) in [5.41, 5.74) is 1.29. The summed E-state index contributed by atoms with van der Waals surface area (Å²) in [5.74, 6) is -1.89. The van der Waals surface area contributed by atoms with Gasteiger partial charge in [0, 0.05) is 16.8 Å². The third kappa shape index (κ3) is 4.70. The summed E-state index contributed by atoms with van der Waals surface area (Å²) in [6.07, 6.45) is -4.80. The zero-order valence-electron chi connectivity index (χ0n) is 20.7. The number of nitrogens with two attached hydrogens (primary N) is 1. The third-order valence-corrected chi connectivity index (χ3v) is 5.14. The summed E-state index contributed by atoms with van der Waals surface area (Å²) >= 11 is 0. The van der Waals surface area contributed by atoms with Gasteiger partial charge in [0.1, 0.15) is 22.9 Å². The molecule has 2 heterocycles. The fourth-order valence-electron chi connectivity index (χ4n) is 3.07. The number of hydrogen-bond acceptors (Lipinski definition) is 7. The van der Waals surface area contributed by atoms with Gasteiger partial charge in [-0.15, -0.1) is 0 Å². The van der Waals surface area contributed by atoms with Gasteiger partial charge in [0.05, 0.1) is 24.0 Å². The van der Waals surface area contributed by atoms with Crippen LogP contribution >= 0.6 is 0 Å². The number of benzene rings is 1. The van der Waals surface area contributed by atoms with E-state index in [1.807, 2.05) is 0 Å². The normalized spacial score (nSPS) is 24.7. The lowest BCUT2D eigenvalue weighted by atomic mass is 9.89. The predicted octanol–water partition coefficient (Wildman–Crippen LogP) is 4.07. The lowest BCUT2D eigenvalue weighted by molar-refractivity contribution is -0.249. The highest BCUT2D eigenvalue weighted by Gasteiger charge is 2.59. The molecule has 178 valence electrons. The standard InChI is InChI=1S/C21H22F4N4O4/c1-11-7-13(31-4)9-27-16(11)33-18(30)28-12-5-6-15(22)14(8-12)19(2)10-32-20(3,17(26)29-19)21(23,24)25/h5-9H,10H2,1-4H3,(H2,26,29)(H,28,30)/t19-,20+/m0/s1/i4D3. The largest absolute Gasteiger partial charge is 0.495 e. The van der Waals surface area contributed by atoms with Crippen molar-refractivity contribution in [1.82, 2.24) is 4.98 Å². The molecule has 1 aromatic heterocycles. The van der Waals surface area contributed by atoms with Crippen LogP contribution in [0.2, 0.25) is 0 Å². The summed E-state index contributed by atoms with van der Waals surface area (Å²) in [7, 11) is -2.69. The van der Waals surface area contributed by atoms with Gasteiger partial charge in [-0.1, -0.05) is 0 Å². The summed E-state index contributed by atoms with van der Waals surface area (Å²) in [5, 5.41) is 2.36. The van der Waals surface area contributed by atoms with Gasteiger partial charge in [0.15, 0.2) is 0 Å². The Hall–Kier alpha value is -3.41.